The number of urea groups is 1. The van der Waals surface area contributed by atoms with E-state index in [1.807, 2.05) is 0 Å². The number of carbonyl (C=O) groups excluding carboxylic acids is 3. The van der Waals surface area contributed by atoms with Crippen LogP contribution < -0.4 is 10.6 Å². The molecular formula is C18H19ClN2O5. The lowest BCUT2D eigenvalue weighted by atomic mass is 10.1. The Morgan fingerprint density at radius 1 is 1.27 bits per heavy atom. The Kier molecular flexibility index (Phi) is 5.46. The number of benzene rings is 1. The number of amides is 3. The van der Waals surface area contributed by atoms with Crippen molar-refractivity contribution in [3.63, 3.8) is 0 Å². The van der Waals surface area contributed by atoms with E-state index in [0.29, 0.717) is 21.6 Å². The van der Waals surface area contributed by atoms with E-state index in [1.165, 1.54) is 0 Å². The number of imide groups is 1. The van der Waals surface area contributed by atoms with Gasteiger partial charge < -0.3 is 14.5 Å². The highest BCUT2D eigenvalue weighted by molar-refractivity contribution is 6.31. The number of esters is 1. The molecule has 1 aromatic heterocycles. The van der Waals surface area contributed by atoms with Gasteiger partial charge >= 0.3 is 12.0 Å². The third kappa shape index (κ3) is 4.16. The zero-order chi connectivity index (χ0) is 18.7. The number of aryl methyl sites for hydroxylation is 1. The summed E-state index contributed by atoms with van der Waals surface area (Å²) in [5, 5.41) is 6.09. The van der Waals surface area contributed by atoms with Gasteiger partial charge in [0.15, 0.2) is 6.61 Å². The van der Waals surface area contributed by atoms with Gasteiger partial charge in [0.2, 0.25) is 5.76 Å². The van der Waals surface area contributed by atoms with Crippen LogP contribution in [0.5, 0.6) is 0 Å². The summed E-state index contributed by atoms with van der Waals surface area (Å²) in [5.74, 6) is -1.47. The predicted molar refractivity (Wildman–Crippen MR) is 95.2 cm³/mol. The van der Waals surface area contributed by atoms with Crippen molar-refractivity contribution in [3.8, 4) is 0 Å². The van der Waals surface area contributed by atoms with E-state index in [2.05, 4.69) is 10.6 Å². The van der Waals surface area contributed by atoms with Gasteiger partial charge in [-0.15, -0.1) is 0 Å². The third-order valence-electron chi connectivity index (χ3n) is 4.36. The Hall–Kier alpha value is -2.54. The van der Waals surface area contributed by atoms with Gasteiger partial charge in [0.1, 0.15) is 5.58 Å². The fourth-order valence-electron chi connectivity index (χ4n) is 3.04. The summed E-state index contributed by atoms with van der Waals surface area (Å²) in [4.78, 5) is 35.6. The van der Waals surface area contributed by atoms with E-state index in [9.17, 15) is 14.4 Å². The number of hydrogen-bond acceptors (Lipinski definition) is 5. The summed E-state index contributed by atoms with van der Waals surface area (Å²) in [5.41, 5.74) is 1.08. The second-order valence-electron chi connectivity index (χ2n) is 6.28. The van der Waals surface area contributed by atoms with Crippen LogP contribution in [-0.4, -0.2) is 30.6 Å². The molecular weight excluding hydrogens is 360 g/mol. The molecule has 7 nitrogen and oxygen atoms in total. The maximum absolute atomic E-state index is 12.2. The number of furan rings is 1. The topological polar surface area (TPSA) is 97.6 Å². The maximum Gasteiger partial charge on any atom is 0.375 e. The van der Waals surface area contributed by atoms with E-state index >= 15 is 0 Å². The minimum absolute atomic E-state index is 0.00507. The molecule has 1 aromatic carbocycles. The van der Waals surface area contributed by atoms with Gasteiger partial charge in [0, 0.05) is 22.0 Å². The predicted octanol–water partition coefficient (Wildman–Crippen LogP) is 3.32. The molecule has 2 aromatic rings. The second kappa shape index (κ2) is 7.78. The lowest BCUT2D eigenvalue weighted by Gasteiger charge is -2.12. The molecule has 8 heteroatoms. The number of halogens is 1. The molecule has 1 aliphatic carbocycles. The zero-order valence-corrected chi connectivity index (χ0v) is 15.0. The van der Waals surface area contributed by atoms with E-state index in [1.54, 1.807) is 25.1 Å². The van der Waals surface area contributed by atoms with Crippen molar-refractivity contribution in [1.29, 1.82) is 0 Å². The lowest BCUT2D eigenvalue weighted by Crippen LogP contribution is -2.45. The molecule has 1 fully saturated rings. The van der Waals surface area contributed by atoms with Crippen LogP contribution in [0.2, 0.25) is 5.02 Å². The van der Waals surface area contributed by atoms with Crippen LogP contribution in [0.4, 0.5) is 4.79 Å². The molecule has 0 radical (unpaired) electrons. The third-order valence-corrected chi connectivity index (χ3v) is 4.60. The summed E-state index contributed by atoms with van der Waals surface area (Å²) in [7, 11) is 0. The Morgan fingerprint density at radius 2 is 2.00 bits per heavy atom. The molecule has 1 saturated carbocycles. The molecule has 0 unspecified atom stereocenters. The zero-order valence-electron chi connectivity index (χ0n) is 14.3. The van der Waals surface area contributed by atoms with Gasteiger partial charge in [-0.3, -0.25) is 10.1 Å². The van der Waals surface area contributed by atoms with Crippen molar-refractivity contribution in [2.75, 3.05) is 6.61 Å². The first-order chi connectivity index (χ1) is 12.4. The summed E-state index contributed by atoms with van der Waals surface area (Å²) in [6.45, 7) is 1.13. The molecule has 0 bridgehead atoms. The van der Waals surface area contributed by atoms with E-state index in [-0.39, 0.29) is 11.8 Å². The summed E-state index contributed by atoms with van der Waals surface area (Å²) < 4.78 is 10.4. The lowest BCUT2D eigenvalue weighted by molar-refractivity contribution is -0.123. The molecule has 1 aliphatic rings. The SMILES string of the molecule is Cc1c(C(=O)OCC(=O)NC(=O)NC2CCCC2)oc2ccc(Cl)cc12. The van der Waals surface area contributed by atoms with E-state index in [0.717, 1.165) is 25.7 Å². The molecule has 3 rings (SSSR count). The Balaban J connectivity index is 1.54. The highest BCUT2D eigenvalue weighted by Crippen LogP contribution is 2.28. The minimum atomic E-state index is -0.777. The quantitative estimate of drug-likeness (QED) is 0.795. The highest BCUT2D eigenvalue weighted by Gasteiger charge is 2.22. The van der Waals surface area contributed by atoms with Gasteiger partial charge in [0.05, 0.1) is 0 Å². The number of fused-ring (bicyclic) bond motifs is 1. The van der Waals surface area contributed by atoms with Gasteiger partial charge in [-0.2, -0.15) is 0 Å². The number of hydrogen-bond donors (Lipinski definition) is 2. The monoisotopic (exact) mass is 378 g/mol. The molecule has 2 N–H and O–H groups in total. The minimum Gasteiger partial charge on any atom is -0.450 e. The van der Waals surface area contributed by atoms with Crippen LogP contribution >= 0.6 is 11.6 Å². The van der Waals surface area contributed by atoms with Crippen LogP contribution in [0.3, 0.4) is 0 Å². The number of ether oxygens (including phenoxy) is 1. The molecule has 0 atom stereocenters. The van der Waals surface area contributed by atoms with Gasteiger partial charge in [-0.1, -0.05) is 24.4 Å². The Bertz CT molecular complexity index is 855. The average molecular weight is 379 g/mol. The van der Waals surface area contributed by atoms with Crippen molar-refractivity contribution in [2.24, 2.45) is 0 Å². The normalized spacial score (nSPS) is 14.4. The Morgan fingerprint density at radius 3 is 2.73 bits per heavy atom. The summed E-state index contributed by atoms with van der Waals surface area (Å²) >= 11 is 5.94. The van der Waals surface area contributed by atoms with Gasteiger partial charge in [-0.05, 0) is 38.0 Å². The van der Waals surface area contributed by atoms with E-state index < -0.39 is 24.5 Å². The first-order valence-corrected chi connectivity index (χ1v) is 8.78. The highest BCUT2D eigenvalue weighted by atomic mass is 35.5. The van der Waals surface area contributed by atoms with Crippen LogP contribution in [-0.2, 0) is 9.53 Å². The molecule has 0 aliphatic heterocycles. The van der Waals surface area contributed by atoms with Crippen molar-refractivity contribution in [2.45, 2.75) is 38.6 Å². The van der Waals surface area contributed by atoms with Crippen LogP contribution in [0.1, 0.15) is 41.8 Å². The molecule has 138 valence electrons. The maximum atomic E-state index is 12.2. The Labute approximate surface area is 155 Å². The molecule has 1 heterocycles. The van der Waals surface area contributed by atoms with Crippen LogP contribution in [0.15, 0.2) is 22.6 Å². The molecule has 0 spiro atoms. The number of carbonyl (C=O) groups is 3. The second-order valence-corrected chi connectivity index (χ2v) is 6.71. The van der Waals surface area contributed by atoms with Crippen molar-refractivity contribution in [1.82, 2.24) is 10.6 Å². The van der Waals surface area contributed by atoms with Crippen LogP contribution in [0, 0.1) is 6.92 Å². The van der Waals surface area contributed by atoms with Gasteiger partial charge in [-0.25, -0.2) is 9.59 Å². The first-order valence-electron chi connectivity index (χ1n) is 8.40. The molecule has 3 amide bonds. The number of rotatable bonds is 4. The molecule has 26 heavy (non-hydrogen) atoms. The fraction of sp³-hybridized carbons (Fsp3) is 0.389. The number of nitrogens with one attached hydrogen (secondary N) is 2. The van der Waals surface area contributed by atoms with Crippen molar-refractivity contribution < 1.29 is 23.5 Å². The summed E-state index contributed by atoms with van der Waals surface area (Å²) in [6, 6.07) is 4.51. The smallest absolute Gasteiger partial charge is 0.375 e. The standard InChI is InChI=1S/C18H19ClN2O5/c1-10-13-8-11(19)6-7-14(13)26-16(10)17(23)25-9-15(22)21-18(24)20-12-4-2-3-5-12/h6-8,12H,2-5,9H2,1H3,(H2,20,21,22,24). The van der Waals surface area contributed by atoms with Crippen molar-refractivity contribution in [3.05, 3.63) is 34.5 Å². The van der Waals surface area contributed by atoms with E-state index in [4.69, 9.17) is 20.8 Å². The molecule has 0 saturated heterocycles. The largest absolute Gasteiger partial charge is 0.450 e. The van der Waals surface area contributed by atoms with Crippen molar-refractivity contribution >= 4 is 40.5 Å². The first kappa shape index (κ1) is 18.3. The fourth-order valence-corrected chi connectivity index (χ4v) is 3.21. The average Bonchev–Trinajstić information content (AvgIpc) is 3.21. The van der Waals surface area contributed by atoms with Crippen LogP contribution in [0.25, 0.3) is 11.0 Å². The van der Waals surface area contributed by atoms with Gasteiger partial charge in [0.25, 0.3) is 5.91 Å². The summed E-state index contributed by atoms with van der Waals surface area (Å²) in [6.07, 6.45) is 3.95.